The van der Waals surface area contributed by atoms with Gasteiger partial charge in [-0.3, -0.25) is 9.59 Å². The maximum absolute atomic E-state index is 13.6. The first-order valence-electron chi connectivity index (χ1n) is 11.6. The highest BCUT2D eigenvalue weighted by atomic mass is 16.2. The molecule has 5 rings (SSSR count). The Morgan fingerprint density at radius 2 is 1.94 bits per heavy atom. The quantitative estimate of drug-likeness (QED) is 0.671. The topological polar surface area (TPSA) is 67.2 Å². The van der Waals surface area contributed by atoms with Crippen LogP contribution in [0, 0.1) is 0 Å². The number of rotatable bonds is 5. The number of nitrogens with one attached hydrogen (secondary N) is 1. The van der Waals surface area contributed by atoms with Crippen molar-refractivity contribution in [2.24, 2.45) is 0 Å². The zero-order valence-corrected chi connectivity index (χ0v) is 18.5. The molecule has 3 atom stereocenters. The Morgan fingerprint density at radius 3 is 2.78 bits per heavy atom. The first-order valence-corrected chi connectivity index (χ1v) is 11.6. The van der Waals surface area contributed by atoms with Crippen molar-refractivity contribution in [3.8, 4) is 0 Å². The minimum Gasteiger partial charge on any atom is -0.349 e. The van der Waals surface area contributed by atoms with E-state index in [0.29, 0.717) is 19.4 Å². The van der Waals surface area contributed by atoms with Crippen LogP contribution in [0.1, 0.15) is 44.6 Å². The average Bonchev–Trinajstić information content (AvgIpc) is 3.27. The summed E-state index contributed by atoms with van der Waals surface area (Å²) < 4.78 is 2.06. The minimum absolute atomic E-state index is 0.0368. The normalized spacial score (nSPS) is 25.4. The molecule has 2 fully saturated rings. The molecule has 2 saturated heterocycles. The van der Waals surface area contributed by atoms with Gasteiger partial charge in [0, 0.05) is 25.4 Å². The van der Waals surface area contributed by atoms with Crippen LogP contribution in [0.2, 0.25) is 0 Å². The second-order valence-electron chi connectivity index (χ2n) is 9.40. The molecule has 0 saturated carbocycles. The number of fused-ring (bicyclic) bond motifs is 2. The van der Waals surface area contributed by atoms with Gasteiger partial charge in [-0.05, 0) is 50.3 Å². The van der Waals surface area contributed by atoms with E-state index in [-0.39, 0.29) is 29.4 Å². The SMILES string of the molecule is C[C@]12C[C@@H](Cc3ccccc3)N(C(=O)CCn3cnc4ccccc43)[C@H]1CCCC(=O)N2. The lowest BCUT2D eigenvalue weighted by atomic mass is 9.88. The first kappa shape index (κ1) is 20.7. The van der Waals surface area contributed by atoms with Gasteiger partial charge in [0.15, 0.2) is 0 Å². The number of amides is 2. The number of imidazole rings is 1. The van der Waals surface area contributed by atoms with Crippen LogP contribution in [0.15, 0.2) is 60.9 Å². The molecule has 2 aromatic carbocycles. The van der Waals surface area contributed by atoms with Crippen LogP contribution in [-0.4, -0.2) is 43.9 Å². The van der Waals surface area contributed by atoms with Crippen LogP contribution in [0.5, 0.6) is 0 Å². The lowest BCUT2D eigenvalue weighted by Crippen LogP contribution is -2.54. The molecule has 0 radical (unpaired) electrons. The zero-order valence-electron chi connectivity index (χ0n) is 18.5. The molecule has 3 heterocycles. The number of aromatic nitrogens is 2. The lowest BCUT2D eigenvalue weighted by molar-refractivity contribution is -0.135. The molecule has 0 unspecified atom stereocenters. The molecule has 3 aromatic rings. The molecule has 2 amide bonds. The number of hydrogen-bond acceptors (Lipinski definition) is 3. The Labute approximate surface area is 188 Å². The fourth-order valence-electron chi connectivity index (χ4n) is 5.68. The van der Waals surface area contributed by atoms with Gasteiger partial charge in [-0.2, -0.15) is 0 Å². The van der Waals surface area contributed by atoms with Crippen molar-refractivity contribution in [2.45, 2.75) is 69.6 Å². The molecule has 32 heavy (non-hydrogen) atoms. The fourth-order valence-corrected chi connectivity index (χ4v) is 5.68. The molecule has 2 aliphatic rings. The van der Waals surface area contributed by atoms with Gasteiger partial charge in [0.2, 0.25) is 11.8 Å². The Bertz CT molecular complexity index is 1130. The van der Waals surface area contributed by atoms with Crippen molar-refractivity contribution in [3.05, 3.63) is 66.5 Å². The maximum Gasteiger partial charge on any atom is 0.224 e. The van der Waals surface area contributed by atoms with Crippen molar-refractivity contribution in [2.75, 3.05) is 0 Å². The molecule has 0 aliphatic carbocycles. The summed E-state index contributed by atoms with van der Waals surface area (Å²) in [7, 11) is 0. The molecule has 0 spiro atoms. The summed E-state index contributed by atoms with van der Waals surface area (Å²) in [5.41, 5.74) is 2.85. The number of hydrogen-bond donors (Lipinski definition) is 1. The Hall–Kier alpha value is -3.15. The van der Waals surface area contributed by atoms with E-state index >= 15 is 0 Å². The molecular formula is C26H30N4O2. The monoisotopic (exact) mass is 430 g/mol. The van der Waals surface area contributed by atoms with E-state index in [0.717, 1.165) is 36.7 Å². The highest BCUT2D eigenvalue weighted by Gasteiger charge is 2.52. The third-order valence-corrected chi connectivity index (χ3v) is 7.13. The van der Waals surface area contributed by atoms with E-state index in [1.165, 1.54) is 5.56 Å². The molecule has 2 aliphatic heterocycles. The van der Waals surface area contributed by atoms with Crippen LogP contribution in [0.25, 0.3) is 11.0 Å². The molecule has 166 valence electrons. The number of carbonyl (C=O) groups excluding carboxylic acids is 2. The Balaban J connectivity index is 1.39. The van der Waals surface area contributed by atoms with E-state index in [1.807, 2.05) is 48.8 Å². The smallest absolute Gasteiger partial charge is 0.224 e. The van der Waals surface area contributed by atoms with E-state index in [1.54, 1.807) is 0 Å². The van der Waals surface area contributed by atoms with E-state index in [9.17, 15) is 9.59 Å². The van der Waals surface area contributed by atoms with Gasteiger partial charge >= 0.3 is 0 Å². The number of nitrogens with zero attached hydrogens (tertiary/aromatic N) is 3. The molecule has 6 nitrogen and oxygen atoms in total. The molecule has 1 N–H and O–H groups in total. The van der Waals surface area contributed by atoms with Gasteiger partial charge in [0.25, 0.3) is 0 Å². The van der Waals surface area contributed by atoms with E-state index < -0.39 is 0 Å². The van der Waals surface area contributed by atoms with Gasteiger partial charge < -0.3 is 14.8 Å². The third kappa shape index (κ3) is 3.90. The third-order valence-electron chi connectivity index (χ3n) is 7.13. The van der Waals surface area contributed by atoms with E-state index in [2.05, 4.69) is 38.8 Å². The predicted molar refractivity (Wildman–Crippen MR) is 124 cm³/mol. The summed E-state index contributed by atoms with van der Waals surface area (Å²) in [6, 6.07) is 18.5. The van der Waals surface area contributed by atoms with Crippen LogP contribution < -0.4 is 5.32 Å². The lowest BCUT2D eigenvalue weighted by Gasteiger charge is -2.35. The van der Waals surface area contributed by atoms with Crippen molar-refractivity contribution < 1.29 is 9.59 Å². The summed E-state index contributed by atoms with van der Waals surface area (Å²) >= 11 is 0. The van der Waals surface area contributed by atoms with Gasteiger partial charge in [0.1, 0.15) is 0 Å². The number of aryl methyl sites for hydroxylation is 1. The number of likely N-dealkylation sites (tertiary alicyclic amines) is 1. The van der Waals surface area contributed by atoms with Crippen molar-refractivity contribution in [3.63, 3.8) is 0 Å². The standard InChI is InChI=1S/C26H30N4O2/c1-26-17-20(16-19-8-3-2-4-9-19)30(23(26)12-7-13-24(31)28-26)25(32)14-15-29-18-27-21-10-5-6-11-22(21)29/h2-6,8-11,18,20,23H,7,12-17H2,1H3,(H,28,31)/t20-,23+,26+/m1/s1. The molecule has 6 heteroatoms. The molecule has 0 bridgehead atoms. The second kappa shape index (κ2) is 8.41. The zero-order chi connectivity index (χ0) is 22.1. The summed E-state index contributed by atoms with van der Waals surface area (Å²) in [4.78, 5) is 32.6. The fraction of sp³-hybridized carbons (Fsp3) is 0.423. The second-order valence-corrected chi connectivity index (χ2v) is 9.40. The van der Waals surface area contributed by atoms with Gasteiger partial charge in [-0.15, -0.1) is 0 Å². The van der Waals surface area contributed by atoms with Gasteiger partial charge in [0.05, 0.1) is 28.9 Å². The number of carbonyl (C=O) groups is 2. The summed E-state index contributed by atoms with van der Waals surface area (Å²) in [5.74, 6) is 0.265. The van der Waals surface area contributed by atoms with E-state index in [4.69, 9.17) is 0 Å². The average molecular weight is 431 g/mol. The maximum atomic E-state index is 13.6. The largest absolute Gasteiger partial charge is 0.349 e. The van der Waals surface area contributed by atoms with Crippen molar-refractivity contribution in [1.82, 2.24) is 19.8 Å². The summed E-state index contributed by atoms with van der Waals surface area (Å²) in [6.45, 7) is 2.72. The van der Waals surface area contributed by atoms with Gasteiger partial charge in [-0.1, -0.05) is 42.5 Å². The predicted octanol–water partition coefficient (Wildman–Crippen LogP) is 3.70. The van der Waals surface area contributed by atoms with Crippen molar-refractivity contribution in [1.29, 1.82) is 0 Å². The highest BCUT2D eigenvalue weighted by Crippen LogP contribution is 2.39. The van der Waals surface area contributed by atoms with Crippen LogP contribution in [-0.2, 0) is 22.6 Å². The Kier molecular flexibility index (Phi) is 5.45. The van der Waals surface area contributed by atoms with Crippen LogP contribution in [0.4, 0.5) is 0 Å². The highest BCUT2D eigenvalue weighted by molar-refractivity contribution is 5.80. The first-order chi connectivity index (χ1) is 15.5. The molecule has 1 aromatic heterocycles. The minimum atomic E-state index is -0.371. The van der Waals surface area contributed by atoms with Gasteiger partial charge in [-0.25, -0.2) is 4.98 Å². The summed E-state index contributed by atoms with van der Waals surface area (Å²) in [6.07, 6.45) is 6.06. The number of benzene rings is 2. The van der Waals surface area contributed by atoms with Crippen molar-refractivity contribution >= 4 is 22.8 Å². The van der Waals surface area contributed by atoms with Crippen LogP contribution in [0.3, 0.4) is 0 Å². The Morgan fingerprint density at radius 1 is 1.16 bits per heavy atom. The summed E-state index contributed by atoms with van der Waals surface area (Å²) in [5, 5.41) is 3.26. The number of para-hydroxylation sites is 2. The van der Waals surface area contributed by atoms with Crippen LogP contribution >= 0.6 is 0 Å². The molecular weight excluding hydrogens is 400 g/mol.